The second-order valence-electron chi connectivity index (χ2n) is 18.4. The van der Waals surface area contributed by atoms with Crippen LogP contribution in [0.3, 0.4) is 0 Å². The first kappa shape index (κ1) is 32.3. The number of thiophene rings is 1. The Morgan fingerprint density at radius 1 is 0.544 bits per heavy atom. The van der Waals surface area contributed by atoms with Crippen LogP contribution in [-0.2, 0) is 10.8 Å². The summed E-state index contributed by atoms with van der Waals surface area (Å²) in [6, 6.07) is 51.5. The topological polar surface area (TPSA) is 8.17 Å². The van der Waals surface area contributed by atoms with Gasteiger partial charge in [-0.2, -0.15) is 0 Å². The number of hydrogen-bond acceptors (Lipinski definition) is 2. The predicted octanol–water partition coefficient (Wildman–Crippen LogP) is 13.4. The highest BCUT2D eigenvalue weighted by Gasteiger charge is 2.46. The lowest BCUT2D eigenvalue weighted by Crippen LogP contribution is -2.60. The highest BCUT2D eigenvalue weighted by atomic mass is 32.1. The van der Waals surface area contributed by atoms with E-state index >= 15 is 0 Å². The molecule has 2 nitrogen and oxygen atoms in total. The van der Waals surface area contributed by atoms with Crippen molar-refractivity contribution in [3.63, 3.8) is 0 Å². The third kappa shape index (κ3) is 4.07. The van der Waals surface area contributed by atoms with Crippen LogP contribution in [0.25, 0.3) is 80.3 Å². The van der Waals surface area contributed by atoms with Crippen LogP contribution in [-0.4, -0.2) is 11.4 Å². The summed E-state index contributed by atoms with van der Waals surface area (Å²) in [6.07, 6.45) is 2.39. The Kier molecular flexibility index (Phi) is 6.09. The Labute approximate surface area is 337 Å². The maximum Gasteiger partial charge on any atom is 0.333 e. The van der Waals surface area contributed by atoms with Crippen LogP contribution in [0.2, 0.25) is 0 Å². The zero-order valence-corrected chi connectivity index (χ0v) is 33.8. The van der Waals surface area contributed by atoms with E-state index in [1.165, 1.54) is 132 Å². The quantitative estimate of drug-likeness (QED) is 0.152. The van der Waals surface area contributed by atoms with Gasteiger partial charge in [0.25, 0.3) is 0 Å². The lowest BCUT2D eigenvalue weighted by Gasteiger charge is -2.46. The van der Waals surface area contributed by atoms with Gasteiger partial charge in [-0.25, -0.2) is 0 Å². The normalized spacial score (nSPS) is 16.2. The molecule has 0 atom stereocenters. The molecule has 2 aliphatic heterocycles. The molecule has 1 aliphatic carbocycles. The lowest BCUT2D eigenvalue weighted by atomic mass is 9.43. The monoisotopic (exact) mass is 748 g/mol. The number of rotatable bonds is 1. The molecule has 0 bridgehead atoms. The molecule has 272 valence electrons. The average molecular weight is 749 g/mol. The van der Waals surface area contributed by atoms with E-state index in [2.05, 4.69) is 177 Å². The molecule has 0 saturated heterocycles. The van der Waals surface area contributed by atoms with Crippen molar-refractivity contribution in [2.45, 2.75) is 58.3 Å². The number of hydrogen-bond donors (Lipinski definition) is 0. The minimum absolute atomic E-state index is 0.0228. The van der Waals surface area contributed by atoms with Gasteiger partial charge in [0, 0.05) is 53.6 Å². The fourth-order valence-corrected chi connectivity index (χ4v) is 12.6. The summed E-state index contributed by atoms with van der Waals surface area (Å²) >= 11 is 1.96. The SMILES string of the molecule is Cc1cc2c(cc1N1B3c4c(cc5ccccc5c4-c4c1ccc1c4sc4ccccc41)-n1c4cc5ccccc5cc4c4cccc3c41)C(C)(C)CCC2(C)C. The Balaban J connectivity index is 1.25. The molecule has 0 amide bonds. The largest absolute Gasteiger partial charge is 0.376 e. The minimum atomic E-state index is -0.0228. The van der Waals surface area contributed by atoms with Crippen LogP contribution >= 0.6 is 11.3 Å². The van der Waals surface area contributed by atoms with Gasteiger partial charge in [0.1, 0.15) is 0 Å². The van der Waals surface area contributed by atoms with E-state index in [0.717, 1.165) is 0 Å². The molecule has 4 heterocycles. The van der Waals surface area contributed by atoms with Gasteiger partial charge in [-0.05, 0) is 122 Å². The molecule has 0 saturated carbocycles. The Morgan fingerprint density at radius 3 is 2.04 bits per heavy atom. The molecule has 0 spiro atoms. The van der Waals surface area contributed by atoms with E-state index in [1.807, 2.05) is 11.3 Å². The maximum absolute atomic E-state index is 2.78. The van der Waals surface area contributed by atoms with E-state index < -0.39 is 0 Å². The van der Waals surface area contributed by atoms with Gasteiger partial charge in [0.2, 0.25) is 0 Å². The first-order chi connectivity index (χ1) is 27.7. The van der Waals surface area contributed by atoms with Gasteiger partial charge < -0.3 is 9.38 Å². The first-order valence-electron chi connectivity index (χ1n) is 20.6. The molecule has 10 aromatic rings. The molecule has 0 unspecified atom stereocenters. The van der Waals surface area contributed by atoms with Crippen molar-refractivity contribution >= 4 is 104 Å². The van der Waals surface area contributed by atoms with Crippen LogP contribution in [0.1, 0.15) is 57.2 Å². The molecule has 0 radical (unpaired) electrons. The maximum atomic E-state index is 2.78. The highest BCUT2D eigenvalue weighted by molar-refractivity contribution is 7.26. The summed E-state index contributed by atoms with van der Waals surface area (Å²) in [4.78, 5) is 2.78. The van der Waals surface area contributed by atoms with Crippen LogP contribution < -0.4 is 15.7 Å². The van der Waals surface area contributed by atoms with E-state index in [9.17, 15) is 0 Å². The molecule has 8 aromatic carbocycles. The standard InChI is InChI=1S/C53H41BN2S/c1-30-25-39-40(53(4,5)24-23-52(39,2)3)29-43(30)56-42-22-21-37-35-17-10-11-20-46(35)57-51(37)48(42)47-34-16-9-8-15-33(34)28-45-49(47)54(56)41-19-12-18-36-38-26-31-13-6-7-14-32(31)27-44(38)55(45)50(36)41/h6-22,25-29H,23-24H2,1-5H3. The van der Waals surface area contributed by atoms with Crippen LogP contribution in [0, 0.1) is 6.92 Å². The number of fused-ring (bicyclic) bond motifs is 15. The number of benzene rings is 8. The molecule has 2 aromatic heterocycles. The fourth-order valence-electron chi connectivity index (χ4n) is 11.4. The number of aryl methyl sites for hydroxylation is 1. The van der Waals surface area contributed by atoms with E-state index in [0.29, 0.717) is 0 Å². The lowest BCUT2D eigenvalue weighted by molar-refractivity contribution is 0.332. The Bertz CT molecular complexity index is 3450. The van der Waals surface area contributed by atoms with Crippen molar-refractivity contribution in [2.24, 2.45) is 0 Å². The molecular formula is C53H41BN2S. The third-order valence-corrected chi connectivity index (χ3v) is 15.5. The molecule has 0 N–H and O–H groups in total. The molecule has 3 aliphatic rings. The van der Waals surface area contributed by atoms with Gasteiger partial charge in [0.05, 0.1) is 11.0 Å². The van der Waals surface area contributed by atoms with Gasteiger partial charge >= 0.3 is 6.85 Å². The van der Waals surface area contributed by atoms with Crippen molar-refractivity contribution < 1.29 is 0 Å². The van der Waals surface area contributed by atoms with Crippen molar-refractivity contribution in [1.29, 1.82) is 0 Å². The van der Waals surface area contributed by atoms with Gasteiger partial charge in [0.15, 0.2) is 0 Å². The molecular weight excluding hydrogens is 707 g/mol. The smallest absolute Gasteiger partial charge is 0.333 e. The zero-order valence-electron chi connectivity index (χ0n) is 33.0. The summed E-state index contributed by atoms with van der Waals surface area (Å²) in [5.41, 5.74) is 16.7. The summed E-state index contributed by atoms with van der Waals surface area (Å²) in [5.74, 6) is 0. The minimum Gasteiger partial charge on any atom is -0.376 e. The predicted molar refractivity (Wildman–Crippen MR) is 248 cm³/mol. The number of nitrogens with zero attached hydrogens (tertiary/aromatic N) is 2. The van der Waals surface area contributed by atoms with Crippen molar-refractivity contribution in [1.82, 2.24) is 4.57 Å². The zero-order chi connectivity index (χ0) is 38.1. The Morgan fingerprint density at radius 2 is 1.23 bits per heavy atom. The fraction of sp³-hybridized carbons (Fsp3) is 0.170. The summed E-state index contributed by atoms with van der Waals surface area (Å²) in [7, 11) is 0. The van der Waals surface area contributed by atoms with E-state index in [1.54, 1.807) is 0 Å². The van der Waals surface area contributed by atoms with Gasteiger partial charge in [-0.15, -0.1) is 11.3 Å². The number of para-hydroxylation sites is 1. The van der Waals surface area contributed by atoms with Crippen molar-refractivity contribution in [3.05, 3.63) is 150 Å². The van der Waals surface area contributed by atoms with E-state index in [4.69, 9.17) is 0 Å². The van der Waals surface area contributed by atoms with Crippen LogP contribution in [0.4, 0.5) is 11.4 Å². The van der Waals surface area contributed by atoms with Crippen molar-refractivity contribution in [3.8, 4) is 16.8 Å². The number of aromatic nitrogens is 1. The molecule has 13 rings (SSSR count). The first-order valence-corrected chi connectivity index (χ1v) is 21.4. The second-order valence-corrected chi connectivity index (χ2v) is 19.4. The third-order valence-electron chi connectivity index (χ3n) is 14.3. The van der Waals surface area contributed by atoms with Gasteiger partial charge in [-0.3, -0.25) is 0 Å². The van der Waals surface area contributed by atoms with Crippen molar-refractivity contribution in [2.75, 3.05) is 4.81 Å². The number of anilines is 2. The summed E-state index contributed by atoms with van der Waals surface area (Å²) in [5, 5.41) is 10.5. The summed E-state index contributed by atoms with van der Waals surface area (Å²) < 4.78 is 5.35. The van der Waals surface area contributed by atoms with Crippen LogP contribution in [0.15, 0.2) is 133 Å². The van der Waals surface area contributed by atoms with Crippen LogP contribution in [0.5, 0.6) is 0 Å². The average Bonchev–Trinajstić information content (AvgIpc) is 3.76. The molecule has 57 heavy (non-hydrogen) atoms. The molecule has 4 heteroatoms. The molecule has 0 fully saturated rings. The second kappa shape index (κ2) is 10.8. The van der Waals surface area contributed by atoms with Gasteiger partial charge in [-0.1, -0.05) is 125 Å². The summed E-state index contributed by atoms with van der Waals surface area (Å²) in [6.45, 7) is 12.2. The van der Waals surface area contributed by atoms with E-state index in [-0.39, 0.29) is 17.7 Å². The highest BCUT2D eigenvalue weighted by Crippen LogP contribution is 2.54. The Hall–Kier alpha value is -5.84.